The summed E-state index contributed by atoms with van der Waals surface area (Å²) in [6.45, 7) is 1.11. The molecule has 29 heavy (non-hydrogen) atoms. The first kappa shape index (κ1) is 21.6. The molecule has 0 atom stereocenters. The number of hydrogen-bond acceptors (Lipinski definition) is 6. The third-order valence-corrected chi connectivity index (χ3v) is 5.89. The Kier molecular flexibility index (Phi) is 6.85. The van der Waals surface area contributed by atoms with Gasteiger partial charge in [0.05, 0.1) is 35.0 Å². The summed E-state index contributed by atoms with van der Waals surface area (Å²) in [5, 5.41) is 1.36. The zero-order valence-electron chi connectivity index (χ0n) is 16.5. The molecule has 0 aliphatic carbocycles. The molecule has 154 valence electrons. The number of halogens is 2. The Labute approximate surface area is 183 Å². The maximum Gasteiger partial charge on any atom is 0.261 e. The first-order valence-electron chi connectivity index (χ1n) is 8.78. The van der Waals surface area contributed by atoms with E-state index in [1.807, 2.05) is 25.1 Å². The van der Waals surface area contributed by atoms with E-state index in [4.69, 9.17) is 32.7 Å². The van der Waals surface area contributed by atoms with Crippen LogP contribution in [-0.2, 0) is 0 Å². The normalized spacial score (nSPS) is 11.1. The van der Waals surface area contributed by atoms with Crippen LogP contribution in [0.4, 0.5) is 5.13 Å². The van der Waals surface area contributed by atoms with E-state index in [0.717, 1.165) is 10.2 Å². The van der Waals surface area contributed by atoms with E-state index in [0.29, 0.717) is 45.3 Å². The van der Waals surface area contributed by atoms with Crippen molar-refractivity contribution in [1.82, 2.24) is 9.88 Å². The first-order valence-corrected chi connectivity index (χ1v) is 10.4. The SMILES string of the molecule is COc1cc2nc(N(CCN(C)C)C(=O)c3cc(Cl)ccc3Cl)sc2cc1OC. The van der Waals surface area contributed by atoms with Crippen LogP contribution in [0.1, 0.15) is 10.4 Å². The van der Waals surface area contributed by atoms with Crippen molar-refractivity contribution < 1.29 is 14.3 Å². The number of carbonyl (C=O) groups excluding carboxylic acids is 1. The number of amides is 1. The predicted octanol–water partition coefficient (Wildman–Crippen LogP) is 4.83. The van der Waals surface area contributed by atoms with Crippen LogP contribution in [-0.4, -0.2) is 57.2 Å². The third kappa shape index (κ3) is 4.75. The van der Waals surface area contributed by atoms with Gasteiger partial charge in [-0.3, -0.25) is 9.69 Å². The van der Waals surface area contributed by atoms with Crippen LogP contribution in [0.25, 0.3) is 10.2 Å². The number of ether oxygens (including phenoxy) is 2. The molecule has 0 N–H and O–H groups in total. The summed E-state index contributed by atoms with van der Waals surface area (Å²) in [5.41, 5.74) is 1.06. The average molecular weight is 454 g/mol. The van der Waals surface area contributed by atoms with Gasteiger partial charge in [0.15, 0.2) is 16.6 Å². The molecular formula is C20H21Cl2N3O3S. The summed E-state index contributed by atoms with van der Waals surface area (Å²) in [4.78, 5) is 21.6. The third-order valence-electron chi connectivity index (χ3n) is 4.29. The lowest BCUT2D eigenvalue weighted by atomic mass is 10.2. The van der Waals surface area contributed by atoms with Crippen LogP contribution in [0.2, 0.25) is 10.0 Å². The molecule has 1 amide bonds. The van der Waals surface area contributed by atoms with Crippen LogP contribution in [0.5, 0.6) is 11.5 Å². The summed E-state index contributed by atoms with van der Waals surface area (Å²) >= 11 is 13.8. The highest BCUT2D eigenvalue weighted by molar-refractivity contribution is 7.22. The predicted molar refractivity (Wildman–Crippen MR) is 119 cm³/mol. The average Bonchev–Trinajstić information content (AvgIpc) is 3.10. The van der Waals surface area contributed by atoms with Gasteiger partial charge in [0.25, 0.3) is 5.91 Å². The Hall–Kier alpha value is -2.06. The van der Waals surface area contributed by atoms with Gasteiger partial charge in [0.2, 0.25) is 0 Å². The summed E-state index contributed by atoms with van der Waals surface area (Å²) in [6.07, 6.45) is 0. The summed E-state index contributed by atoms with van der Waals surface area (Å²) in [6, 6.07) is 8.51. The Balaban J connectivity index is 2.06. The quantitative estimate of drug-likeness (QED) is 0.512. The van der Waals surface area contributed by atoms with Gasteiger partial charge in [-0.2, -0.15) is 0 Å². The van der Waals surface area contributed by atoms with E-state index in [9.17, 15) is 4.79 Å². The molecule has 2 aromatic carbocycles. The fraction of sp³-hybridized carbons (Fsp3) is 0.300. The van der Waals surface area contributed by atoms with Crippen LogP contribution >= 0.6 is 34.5 Å². The number of aromatic nitrogens is 1. The summed E-state index contributed by atoms with van der Waals surface area (Å²) < 4.78 is 11.6. The molecule has 0 aliphatic rings. The maximum absolute atomic E-state index is 13.3. The molecule has 0 fully saturated rings. The van der Waals surface area contributed by atoms with Crippen molar-refractivity contribution >= 4 is 55.8 Å². The van der Waals surface area contributed by atoms with E-state index < -0.39 is 0 Å². The molecule has 0 saturated carbocycles. The number of rotatable bonds is 7. The molecule has 0 bridgehead atoms. The minimum atomic E-state index is -0.252. The highest BCUT2D eigenvalue weighted by Gasteiger charge is 2.24. The standard InChI is InChI=1S/C20H21Cl2N3O3S/c1-24(2)7-8-25(19(26)13-9-12(21)5-6-14(13)22)20-23-15-10-16(27-3)17(28-4)11-18(15)29-20/h5-6,9-11H,7-8H2,1-4H3. The maximum atomic E-state index is 13.3. The van der Waals surface area contributed by atoms with Crippen molar-refractivity contribution in [3.05, 3.63) is 45.9 Å². The van der Waals surface area contributed by atoms with Gasteiger partial charge >= 0.3 is 0 Å². The highest BCUT2D eigenvalue weighted by Crippen LogP contribution is 2.38. The van der Waals surface area contributed by atoms with Crippen molar-refractivity contribution in [2.75, 3.05) is 46.3 Å². The largest absolute Gasteiger partial charge is 0.493 e. The lowest BCUT2D eigenvalue weighted by Gasteiger charge is -2.22. The Morgan fingerprint density at radius 3 is 2.41 bits per heavy atom. The lowest BCUT2D eigenvalue weighted by Crippen LogP contribution is -2.36. The van der Waals surface area contributed by atoms with Crippen molar-refractivity contribution in [3.63, 3.8) is 0 Å². The molecule has 6 nitrogen and oxygen atoms in total. The van der Waals surface area contributed by atoms with Crippen molar-refractivity contribution in [2.24, 2.45) is 0 Å². The van der Waals surface area contributed by atoms with E-state index >= 15 is 0 Å². The number of thiazole rings is 1. The molecule has 0 spiro atoms. The molecule has 3 aromatic rings. The van der Waals surface area contributed by atoms with E-state index in [1.54, 1.807) is 43.4 Å². The molecule has 0 saturated heterocycles. The molecule has 1 aromatic heterocycles. The number of hydrogen-bond donors (Lipinski definition) is 0. The van der Waals surface area contributed by atoms with Crippen LogP contribution in [0.15, 0.2) is 30.3 Å². The monoisotopic (exact) mass is 453 g/mol. The zero-order chi connectivity index (χ0) is 21.1. The number of carbonyl (C=O) groups is 1. The zero-order valence-corrected chi connectivity index (χ0v) is 18.9. The second-order valence-electron chi connectivity index (χ2n) is 6.56. The number of benzene rings is 2. The smallest absolute Gasteiger partial charge is 0.261 e. The molecule has 9 heteroatoms. The van der Waals surface area contributed by atoms with Crippen molar-refractivity contribution in [2.45, 2.75) is 0 Å². The number of nitrogens with zero attached hydrogens (tertiary/aromatic N) is 3. The Bertz CT molecular complexity index is 998. The van der Waals surface area contributed by atoms with Gasteiger partial charge in [0, 0.05) is 30.2 Å². The highest BCUT2D eigenvalue weighted by atomic mass is 35.5. The van der Waals surface area contributed by atoms with Gasteiger partial charge in [-0.15, -0.1) is 0 Å². The van der Waals surface area contributed by atoms with Crippen LogP contribution in [0, 0.1) is 0 Å². The number of likely N-dealkylation sites (N-methyl/N-ethyl adjacent to an activating group) is 1. The molecule has 0 unspecified atom stereocenters. The Morgan fingerprint density at radius 2 is 1.76 bits per heavy atom. The number of methoxy groups -OCH3 is 2. The molecular weight excluding hydrogens is 433 g/mol. The lowest BCUT2D eigenvalue weighted by molar-refractivity contribution is 0.0985. The van der Waals surface area contributed by atoms with Gasteiger partial charge in [-0.05, 0) is 32.3 Å². The van der Waals surface area contributed by atoms with Crippen molar-refractivity contribution in [1.29, 1.82) is 0 Å². The minimum Gasteiger partial charge on any atom is -0.493 e. The van der Waals surface area contributed by atoms with E-state index in [-0.39, 0.29) is 5.91 Å². The summed E-state index contributed by atoms with van der Waals surface area (Å²) in [7, 11) is 7.05. The summed E-state index contributed by atoms with van der Waals surface area (Å²) in [5.74, 6) is 0.942. The fourth-order valence-corrected chi connectivity index (χ4v) is 4.12. The van der Waals surface area contributed by atoms with Gasteiger partial charge < -0.3 is 14.4 Å². The Morgan fingerprint density at radius 1 is 1.07 bits per heavy atom. The molecule has 1 heterocycles. The van der Waals surface area contributed by atoms with Gasteiger partial charge in [-0.25, -0.2) is 4.98 Å². The minimum absolute atomic E-state index is 0.252. The fourth-order valence-electron chi connectivity index (χ4n) is 2.75. The second kappa shape index (κ2) is 9.17. The van der Waals surface area contributed by atoms with Crippen molar-refractivity contribution in [3.8, 4) is 11.5 Å². The van der Waals surface area contributed by atoms with Crippen LogP contribution in [0.3, 0.4) is 0 Å². The molecule has 0 aliphatic heterocycles. The van der Waals surface area contributed by atoms with Gasteiger partial charge in [-0.1, -0.05) is 34.5 Å². The van der Waals surface area contributed by atoms with E-state index in [1.165, 1.54) is 11.3 Å². The number of anilines is 1. The number of fused-ring (bicyclic) bond motifs is 1. The van der Waals surface area contributed by atoms with E-state index in [2.05, 4.69) is 4.98 Å². The van der Waals surface area contributed by atoms with Gasteiger partial charge in [0.1, 0.15) is 0 Å². The second-order valence-corrected chi connectivity index (χ2v) is 8.41. The first-order chi connectivity index (χ1) is 13.8. The molecule has 3 rings (SSSR count). The molecule has 0 radical (unpaired) electrons. The topological polar surface area (TPSA) is 54.9 Å². The van der Waals surface area contributed by atoms with Crippen LogP contribution < -0.4 is 14.4 Å².